The molecule has 1 aliphatic rings. The fourth-order valence-corrected chi connectivity index (χ4v) is 3.66. The summed E-state index contributed by atoms with van der Waals surface area (Å²) in [5.41, 5.74) is 1.21. The van der Waals surface area contributed by atoms with Crippen LogP contribution in [0, 0.1) is 5.92 Å². The van der Waals surface area contributed by atoms with Gasteiger partial charge in [-0.05, 0) is 36.8 Å². The quantitative estimate of drug-likeness (QED) is 0.796. The van der Waals surface area contributed by atoms with Crippen LogP contribution in [0.1, 0.15) is 44.6 Å². The molecular formula is C17H24BrNO. The van der Waals surface area contributed by atoms with Crippen molar-refractivity contribution >= 4 is 21.8 Å². The summed E-state index contributed by atoms with van der Waals surface area (Å²) < 4.78 is 1.10. The Labute approximate surface area is 130 Å². The average molecular weight is 338 g/mol. The number of carbonyl (C=O) groups excluding carboxylic acids is 1. The first-order chi connectivity index (χ1) is 9.59. The van der Waals surface area contributed by atoms with Crippen LogP contribution in [-0.4, -0.2) is 23.9 Å². The predicted molar refractivity (Wildman–Crippen MR) is 86.7 cm³/mol. The normalized spacial score (nSPS) is 22.6. The number of halogens is 1. The average Bonchev–Trinajstić information content (AvgIpc) is 2.46. The highest BCUT2D eigenvalue weighted by Gasteiger charge is 2.27. The van der Waals surface area contributed by atoms with Crippen molar-refractivity contribution in [1.82, 2.24) is 4.90 Å². The second-order valence-corrected chi connectivity index (χ2v) is 6.78. The van der Waals surface area contributed by atoms with E-state index in [9.17, 15) is 4.79 Å². The van der Waals surface area contributed by atoms with Gasteiger partial charge in [0, 0.05) is 24.0 Å². The summed E-state index contributed by atoms with van der Waals surface area (Å²) >= 11 is 3.54. The highest BCUT2D eigenvalue weighted by atomic mass is 79.9. The SMILES string of the molecule is CC1CCCCC1N(C)C(=O)CCc1ccccc1Br. The molecule has 20 heavy (non-hydrogen) atoms. The summed E-state index contributed by atoms with van der Waals surface area (Å²) in [6.45, 7) is 2.28. The van der Waals surface area contributed by atoms with Gasteiger partial charge in [-0.15, -0.1) is 0 Å². The molecule has 1 saturated carbocycles. The Morgan fingerprint density at radius 2 is 2.00 bits per heavy atom. The van der Waals surface area contributed by atoms with E-state index in [1.165, 1.54) is 31.2 Å². The monoisotopic (exact) mass is 337 g/mol. The molecule has 0 spiro atoms. The van der Waals surface area contributed by atoms with Gasteiger partial charge in [-0.25, -0.2) is 0 Å². The van der Waals surface area contributed by atoms with Crippen LogP contribution in [-0.2, 0) is 11.2 Å². The minimum absolute atomic E-state index is 0.277. The number of hydrogen-bond acceptors (Lipinski definition) is 1. The first-order valence-corrected chi connectivity index (χ1v) is 8.38. The van der Waals surface area contributed by atoms with E-state index in [0.717, 1.165) is 10.9 Å². The summed E-state index contributed by atoms with van der Waals surface area (Å²) in [5.74, 6) is 0.917. The lowest BCUT2D eigenvalue weighted by molar-refractivity contribution is -0.133. The number of amides is 1. The van der Waals surface area contributed by atoms with E-state index < -0.39 is 0 Å². The maximum Gasteiger partial charge on any atom is 0.222 e. The van der Waals surface area contributed by atoms with Crippen LogP contribution in [0.15, 0.2) is 28.7 Å². The number of aryl methyl sites for hydroxylation is 1. The Bertz CT molecular complexity index is 460. The van der Waals surface area contributed by atoms with Gasteiger partial charge in [0.05, 0.1) is 0 Å². The van der Waals surface area contributed by atoms with E-state index in [0.29, 0.717) is 18.4 Å². The Balaban J connectivity index is 1.89. The third-order valence-electron chi connectivity index (χ3n) is 4.52. The number of rotatable bonds is 4. The largest absolute Gasteiger partial charge is 0.343 e. The molecule has 1 aromatic carbocycles. The van der Waals surface area contributed by atoms with Crippen LogP contribution in [0.25, 0.3) is 0 Å². The molecule has 0 radical (unpaired) electrons. The van der Waals surface area contributed by atoms with Crippen molar-refractivity contribution in [3.8, 4) is 0 Å². The van der Waals surface area contributed by atoms with Crippen LogP contribution >= 0.6 is 15.9 Å². The van der Waals surface area contributed by atoms with Crippen molar-refractivity contribution in [2.24, 2.45) is 5.92 Å². The molecule has 1 fully saturated rings. The Hall–Kier alpha value is -0.830. The smallest absolute Gasteiger partial charge is 0.222 e. The van der Waals surface area contributed by atoms with Crippen molar-refractivity contribution in [2.75, 3.05) is 7.05 Å². The van der Waals surface area contributed by atoms with Crippen LogP contribution < -0.4 is 0 Å². The third kappa shape index (κ3) is 3.85. The van der Waals surface area contributed by atoms with E-state index in [2.05, 4.69) is 28.9 Å². The fraction of sp³-hybridized carbons (Fsp3) is 0.588. The lowest BCUT2D eigenvalue weighted by Gasteiger charge is -2.36. The zero-order valence-electron chi connectivity index (χ0n) is 12.4. The molecule has 0 heterocycles. The van der Waals surface area contributed by atoms with Crippen molar-refractivity contribution in [1.29, 1.82) is 0 Å². The van der Waals surface area contributed by atoms with Gasteiger partial charge in [0.25, 0.3) is 0 Å². The van der Waals surface area contributed by atoms with Gasteiger partial charge < -0.3 is 4.90 Å². The van der Waals surface area contributed by atoms with Gasteiger partial charge in [-0.1, -0.05) is 53.9 Å². The molecule has 3 heteroatoms. The standard InChI is InChI=1S/C17H24BrNO/c1-13-7-3-6-10-16(13)19(2)17(20)12-11-14-8-4-5-9-15(14)18/h4-5,8-9,13,16H,3,6-7,10-12H2,1-2H3. The highest BCUT2D eigenvalue weighted by molar-refractivity contribution is 9.10. The van der Waals surface area contributed by atoms with Gasteiger partial charge in [-0.3, -0.25) is 4.79 Å². The maximum atomic E-state index is 12.4. The van der Waals surface area contributed by atoms with E-state index in [-0.39, 0.29) is 5.91 Å². The molecule has 1 aromatic rings. The second-order valence-electron chi connectivity index (χ2n) is 5.93. The van der Waals surface area contributed by atoms with Crippen molar-refractivity contribution in [3.63, 3.8) is 0 Å². The summed E-state index contributed by atoms with van der Waals surface area (Å²) in [6.07, 6.45) is 6.41. The molecule has 110 valence electrons. The van der Waals surface area contributed by atoms with E-state index in [4.69, 9.17) is 0 Å². The highest BCUT2D eigenvalue weighted by Crippen LogP contribution is 2.28. The maximum absolute atomic E-state index is 12.4. The fourth-order valence-electron chi connectivity index (χ4n) is 3.18. The molecule has 0 N–H and O–H groups in total. The van der Waals surface area contributed by atoms with Gasteiger partial charge >= 0.3 is 0 Å². The van der Waals surface area contributed by atoms with Crippen LogP contribution in [0.4, 0.5) is 0 Å². The van der Waals surface area contributed by atoms with Crippen LogP contribution in [0.5, 0.6) is 0 Å². The molecule has 0 aliphatic heterocycles. The van der Waals surface area contributed by atoms with Gasteiger partial charge in [-0.2, -0.15) is 0 Å². The van der Waals surface area contributed by atoms with Crippen molar-refractivity contribution in [3.05, 3.63) is 34.3 Å². The zero-order valence-corrected chi connectivity index (χ0v) is 14.0. The molecule has 2 atom stereocenters. The number of nitrogens with zero attached hydrogens (tertiary/aromatic N) is 1. The number of hydrogen-bond donors (Lipinski definition) is 0. The number of benzene rings is 1. The molecule has 2 nitrogen and oxygen atoms in total. The molecule has 1 aliphatic carbocycles. The second kappa shape index (κ2) is 7.26. The summed E-state index contributed by atoms with van der Waals surface area (Å²) in [4.78, 5) is 14.4. The summed E-state index contributed by atoms with van der Waals surface area (Å²) in [7, 11) is 1.98. The first kappa shape index (κ1) is 15.6. The summed E-state index contributed by atoms with van der Waals surface area (Å²) in [6, 6.07) is 8.59. The minimum Gasteiger partial charge on any atom is -0.343 e. The number of carbonyl (C=O) groups is 1. The zero-order chi connectivity index (χ0) is 14.5. The van der Waals surface area contributed by atoms with E-state index in [1.807, 2.05) is 30.1 Å². The van der Waals surface area contributed by atoms with Gasteiger partial charge in [0.15, 0.2) is 0 Å². The van der Waals surface area contributed by atoms with E-state index >= 15 is 0 Å². The third-order valence-corrected chi connectivity index (χ3v) is 5.30. The molecular weight excluding hydrogens is 314 g/mol. The molecule has 0 bridgehead atoms. The Morgan fingerprint density at radius 3 is 2.70 bits per heavy atom. The molecule has 2 rings (SSSR count). The summed E-state index contributed by atoms with van der Waals surface area (Å²) in [5, 5.41) is 0. The predicted octanol–water partition coefficient (Wildman–Crippen LogP) is 4.42. The molecule has 0 aromatic heterocycles. The molecule has 0 saturated heterocycles. The Morgan fingerprint density at radius 1 is 1.30 bits per heavy atom. The van der Waals surface area contributed by atoms with Gasteiger partial charge in [0.2, 0.25) is 5.91 Å². The lowest BCUT2D eigenvalue weighted by atomic mass is 9.85. The lowest BCUT2D eigenvalue weighted by Crippen LogP contribution is -2.42. The van der Waals surface area contributed by atoms with Crippen LogP contribution in [0.2, 0.25) is 0 Å². The first-order valence-electron chi connectivity index (χ1n) is 7.58. The van der Waals surface area contributed by atoms with E-state index in [1.54, 1.807) is 0 Å². The van der Waals surface area contributed by atoms with Gasteiger partial charge in [0.1, 0.15) is 0 Å². The minimum atomic E-state index is 0.277. The Kier molecular flexibility index (Phi) is 5.64. The van der Waals surface area contributed by atoms with Crippen LogP contribution in [0.3, 0.4) is 0 Å². The van der Waals surface area contributed by atoms with Crippen molar-refractivity contribution in [2.45, 2.75) is 51.5 Å². The van der Waals surface area contributed by atoms with Crippen molar-refractivity contribution < 1.29 is 4.79 Å². The topological polar surface area (TPSA) is 20.3 Å². The molecule has 1 amide bonds. The molecule has 2 unspecified atom stereocenters.